The van der Waals surface area contributed by atoms with Crippen molar-refractivity contribution in [1.29, 1.82) is 5.26 Å². The highest BCUT2D eigenvalue weighted by Gasteiger charge is 2.00. The molecule has 0 spiro atoms. The number of nitrogens with zero attached hydrogens (tertiary/aromatic N) is 3. The Morgan fingerprint density at radius 2 is 2.50 bits per heavy atom. The predicted octanol–water partition coefficient (Wildman–Crippen LogP) is 0.981. The smallest absolute Gasteiger partial charge is 0.360 e. The van der Waals surface area contributed by atoms with Crippen LogP contribution in [0.5, 0.6) is 0 Å². The van der Waals surface area contributed by atoms with Gasteiger partial charge in [0.25, 0.3) is 0 Å². The first kappa shape index (κ1) is 6.87. The molecule has 0 amide bonds. The van der Waals surface area contributed by atoms with Crippen molar-refractivity contribution in [2.45, 2.75) is 19.8 Å². The van der Waals surface area contributed by atoms with Gasteiger partial charge in [0.1, 0.15) is 0 Å². The third-order valence-electron chi connectivity index (χ3n) is 0.737. The predicted molar refractivity (Wildman–Crippen MR) is 29.1 cm³/mol. The molecule has 0 N–H and O–H groups in total. The standard InChI is InChI=1S/C5H7N3/c1-2-3-5(4-6)8-7/h2-3H2,1H3. The van der Waals surface area contributed by atoms with E-state index >= 15 is 0 Å². The summed E-state index contributed by atoms with van der Waals surface area (Å²) in [7, 11) is 0. The molecule has 0 saturated carbocycles. The van der Waals surface area contributed by atoms with Crippen molar-refractivity contribution in [3.8, 4) is 6.07 Å². The van der Waals surface area contributed by atoms with Crippen LogP contribution in [0.1, 0.15) is 19.8 Å². The van der Waals surface area contributed by atoms with Crippen molar-refractivity contribution in [1.82, 2.24) is 0 Å². The van der Waals surface area contributed by atoms with Crippen LogP contribution in [0.3, 0.4) is 0 Å². The van der Waals surface area contributed by atoms with Gasteiger partial charge >= 0.3 is 5.71 Å². The van der Waals surface area contributed by atoms with E-state index in [-0.39, 0.29) is 5.71 Å². The van der Waals surface area contributed by atoms with E-state index in [4.69, 9.17) is 10.8 Å². The van der Waals surface area contributed by atoms with Crippen LogP contribution in [-0.2, 0) is 0 Å². The largest absolute Gasteiger partial charge is 0.367 e. The van der Waals surface area contributed by atoms with Crippen LogP contribution in [0.4, 0.5) is 0 Å². The normalized spacial score (nSPS) is 7.00. The molecular formula is C5H7N3. The lowest BCUT2D eigenvalue weighted by molar-refractivity contribution is -0.00560. The molecule has 0 aliphatic heterocycles. The molecule has 0 aromatic heterocycles. The maximum atomic E-state index is 8.12. The summed E-state index contributed by atoms with van der Waals surface area (Å²) in [5.41, 5.74) is 8.22. The van der Waals surface area contributed by atoms with Crippen LogP contribution in [0, 0.1) is 11.3 Å². The van der Waals surface area contributed by atoms with Crippen molar-refractivity contribution < 1.29 is 4.79 Å². The third kappa shape index (κ3) is 2.12. The van der Waals surface area contributed by atoms with Crippen molar-refractivity contribution in [2.24, 2.45) is 0 Å². The summed E-state index contributed by atoms with van der Waals surface area (Å²) in [4.78, 5) is 2.75. The van der Waals surface area contributed by atoms with Crippen molar-refractivity contribution in [3.05, 3.63) is 5.53 Å². The molecule has 0 bridgehead atoms. The Hall–Kier alpha value is -1.13. The zero-order valence-electron chi connectivity index (χ0n) is 4.76. The second-order valence-electron chi connectivity index (χ2n) is 1.41. The summed E-state index contributed by atoms with van der Waals surface area (Å²) in [6.07, 6.45) is 1.40. The van der Waals surface area contributed by atoms with E-state index in [1.807, 2.05) is 6.92 Å². The SMILES string of the molecule is CCCC(C#N)=[N+]=[N-]. The lowest BCUT2D eigenvalue weighted by Gasteiger charge is -1.74. The first-order valence-corrected chi connectivity index (χ1v) is 2.46. The minimum Gasteiger partial charge on any atom is -0.360 e. The first-order chi connectivity index (χ1) is 3.85. The Balaban J connectivity index is 3.79. The molecule has 0 aliphatic rings. The van der Waals surface area contributed by atoms with Gasteiger partial charge in [0.15, 0.2) is 6.07 Å². The molecule has 0 atom stereocenters. The molecule has 8 heavy (non-hydrogen) atoms. The van der Waals surface area contributed by atoms with Crippen LogP contribution >= 0.6 is 0 Å². The van der Waals surface area contributed by atoms with Crippen LogP contribution < -0.4 is 0 Å². The fourth-order valence-corrected chi connectivity index (χ4v) is 0.365. The van der Waals surface area contributed by atoms with Gasteiger partial charge in [0, 0.05) is 0 Å². The van der Waals surface area contributed by atoms with Crippen molar-refractivity contribution in [2.75, 3.05) is 0 Å². The second-order valence-corrected chi connectivity index (χ2v) is 1.41. The molecule has 0 radical (unpaired) electrons. The van der Waals surface area contributed by atoms with Crippen LogP contribution in [-0.4, -0.2) is 10.5 Å². The number of nitriles is 1. The van der Waals surface area contributed by atoms with Gasteiger partial charge < -0.3 is 5.53 Å². The van der Waals surface area contributed by atoms with E-state index in [0.717, 1.165) is 6.42 Å². The molecular weight excluding hydrogens is 102 g/mol. The molecule has 0 fully saturated rings. The molecule has 42 valence electrons. The Morgan fingerprint density at radius 1 is 1.88 bits per heavy atom. The highest BCUT2D eigenvalue weighted by Crippen LogP contribution is 1.85. The Kier molecular flexibility index (Phi) is 3.47. The summed E-state index contributed by atoms with van der Waals surface area (Å²) in [5, 5.41) is 8.12. The maximum absolute atomic E-state index is 8.12. The van der Waals surface area contributed by atoms with Crippen molar-refractivity contribution in [3.63, 3.8) is 0 Å². The molecule has 0 aliphatic carbocycles. The highest BCUT2D eigenvalue weighted by molar-refractivity contribution is 5.93. The summed E-state index contributed by atoms with van der Waals surface area (Å²) >= 11 is 0. The summed E-state index contributed by atoms with van der Waals surface area (Å²) in [6, 6.07) is 1.75. The highest BCUT2D eigenvalue weighted by atomic mass is 14.9. The van der Waals surface area contributed by atoms with E-state index in [1.165, 1.54) is 0 Å². The number of rotatable bonds is 2. The fourth-order valence-electron chi connectivity index (χ4n) is 0.365. The summed E-state index contributed by atoms with van der Waals surface area (Å²) < 4.78 is 0. The van der Waals surface area contributed by atoms with Gasteiger partial charge in [-0.2, -0.15) is 10.1 Å². The monoisotopic (exact) mass is 109 g/mol. The van der Waals surface area contributed by atoms with E-state index in [1.54, 1.807) is 6.07 Å². The van der Waals surface area contributed by atoms with Crippen LogP contribution in [0.2, 0.25) is 0 Å². The average Bonchev–Trinajstić information content (AvgIpc) is 1.83. The lowest BCUT2D eigenvalue weighted by atomic mass is 10.2. The minimum absolute atomic E-state index is 0.201. The summed E-state index contributed by atoms with van der Waals surface area (Å²) in [5.74, 6) is 0. The Bertz CT molecular complexity index is 148. The van der Waals surface area contributed by atoms with Gasteiger partial charge in [-0.1, -0.05) is 6.92 Å². The lowest BCUT2D eigenvalue weighted by Crippen LogP contribution is -1.92. The quantitative estimate of drug-likeness (QED) is 0.296. The van der Waals surface area contributed by atoms with Gasteiger partial charge in [-0.3, -0.25) is 0 Å². The minimum atomic E-state index is 0.201. The van der Waals surface area contributed by atoms with E-state index in [0.29, 0.717) is 6.42 Å². The molecule has 3 nitrogen and oxygen atoms in total. The molecule has 0 heterocycles. The Labute approximate surface area is 48.2 Å². The van der Waals surface area contributed by atoms with E-state index in [9.17, 15) is 0 Å². The molecule has 0 unspecified atom stereocenters. The third-order valence-corrected chi connectivity index (χ3v) is 0.737. The second kappa shape index (κ2) is 4.04. The van der Waals surface area contributed by atoms with Gasteiger partial charge in [-0.15, -0.1) is 0 Å². The van der Waals surface area contributed by atoms with E-state index < -0.39 is 0 Å². The number of hydrogen-bond donors (Lipinski definition) is 0. The zero-order chi connectivity index (χ0) is 6.41. The molecule has 0 saturated heterocycles. The topological polar surface area (TPSA) is 60.2 Å². The molecule has 3 heteroatoms. The molecule has 0 aromatic carbocycles. The molecule has 0 aromatic rings. The van der Waals surface area contributed by atoms with Crippen LogP contribution in [0.15, 0.2) is 0 Å². The fraction of sp³-hybridized carbons (Fsp3) is 0.600. The zero-order valence-corrected chi connectivity index (χ0v) is 4.76. The molecule has 0 rings (SSSR count). The van der Waals surface area contributed by atoms with Gasteiger partial charge in [-0.25, -0.2) is 0 Å². The van der Waals surface area contributed by atoms with Gasteiger partial charge in [-0.05, 0) is 6.42 Å². The first-order valence-electron chi connectivity index (χ1n) is 2.46. The van der Waals surface area contributed by atoms with Crippen LogP contribution in [0.25, 0.3) is 5.53 Å². The maximum Gasteiger partial charge on any atom is 0.367 e. The number of hydrogen-bond acceptors (Lipinski definition) is 1. The van der Waals surface area contributed by atoms with Gasteiger partial charge in [0.2, 0.25) is 0 Å². The Morgan fingerprint density at radius 3 is 2.62 bits per heavy atom. The van der Waals surface area contributed by atoms with Crippen molar-refractivity contribution >= 4 is 5.71 Å². The average molecular weight is 109 g/mol. The van der Waals surface area contributed by atoms with E-state index in [2.05, 4.69) is 4.79 Å². The van der Waals surface area contributed by atoms with Gasteiger partial charge in [0.05, 0.1) is 6.42 Å². The summed E-state index contributed by atoms with van der Waals surface area (Å²) in [6.45, 7) is 1.92.